The van der Waals surface area contributed by atoms with Crippen LogP contribution in [0.5, 0.6) is 0 Å². The first-order chi connectivity index (χ1) is 15.7. The molecular weight excluding hydrogens is 421 g/mol. The Balaban J connectivity index is 1.44. The van der Waals surface area contributed by atoms with Gasteiger partial charge in [0.15, 0.2) is 0 Å². The number of rotatable bonds is 4. The van der Waals surface area contributed by atoms with Crippen LogP contribution in [0.3, 0.4) is 0 Å². The zero-order valence-corrected chi connectivity index (χ0v) is 17.8. The molecule has 6 heteroatoms. The first kappa shape index (κ1) is 20.2. The molecule has 1 aliphatic heterocycles. The number of nitrogens with one attached hydrogen (secondary N) is 1. The summed E-state index contributed by atoms with van der Waals surface area (Å²) in [7, 11) is 0. The van der Waals surface area contributed by atoms with Crippen LogP contribution in [0.25, 0.3) is 11.1 Å². The van der Waals surface area contributed by atoms with Gasteiger partial charge in [0, 0.05) is 51.6 Å². The van der Waals surface area contributed by atoms with Crippen molar-refractivity contribution in [2.75, 3.05) is 0 Å². The van der Waals surface area contributed by atoms with Crippen molar-refractivity contribution in [2.45, 2.75) is 16.3 Å². The fraction of sp³-hybridized carbons (Fsp3) is 0.0385. The largest absolute Gasteiger partial charge is 0.348 e. The lowest BCUT2D eigenvalue weighted by Gasteiger charge is -2.11. The van der Waals surface area contributed by atoms with E-state index in [-0.39, 0.29) is 11.7 Å². The Labute approximate surface area is 189 Å². The number of fused-ring (bicyclic) bond motifs is 2. The molecule has 32 heavy (non-hydrogen) atoms. The second kappa shape index (κ2) is 8.77. The number of benzene rings is 3. The van der Waals surface area contributed by atoms with Gasteiger partial charge in [0.2, 0.25) is 0 Å². The lowest BCUT2D eigenvalue weighted by molar-refractivity contribution is 0.0951. The number of aliphatic imine (C=N–C) groups is 1. The molecule has 4 nitrogen and oxygen atoms in total. The molecule has 0 fully saturated rings. The minimum atomic E-state index is -0.270. The highest BCUT2D eigenvalue weighted by Crippen LogP contribution is 2.42. The third-order valence-electron chi connectivity index (χ3n) is 5.18. The Morgan fingerprint density at radius 1 is 0.938 bits per heavy atom. The van der Waals surface area contributed by atoms with Crippen LogP contribution in [0.1, 0.15) is 21.5 Å². The van der Waals surface area contributed by atoms with Gasteiger partial charge in [-0.25, -0.2) is 4.39 Å². The summed E-state index contributed by atoms with van der Waals surface area (Å²) in [4.78, 5) is 23.3. The molecule has 0 spiro atoms. The van der Waals surface area contributed by atoms with Gasteiger partial charge in [-0.3, -0.25) is 14.8 Å². The van der Waals surface area contributed by atoms with E-state index >= 15 is 0 Å². The van der Waals surface area contributed by atoms with Crippen LogP contribution in [-0.2, 0) is 6.54 Å². The molecule has 4 aromatic rings. The van der Waals surface area contributed by atoms with Crippen LogP contribution in [0.4, 0.5) is 10.1 Å². The highest BCUT2D eigenvalue weighted by Gasteiger charge is 2.18. The van der Waals surface area contributed by atoms with Crippen molar-refractivity contribution in [3.05, 3.63) is 108 Å². The smallest absolute Gasteiger partial charge is 0.251 e. The highest BCUT2D eigenvalue weighted by molar-refractivity contribution is 7.99. The number of hydrogen-bond donors (Lipinski definition) is 1. The van der Waals surface area contributed by atoms with Gasteiger partial charge in [0.1, 0.15) is 5.82 Å². The Morgan fingerprint density at radius 2 is 1.81 bits per heavy atom. The van der Waals surface area contributed by atoms with E-state index in [1.165, 1.54) is 6.07 Å². The van der Waals surface area contributed by atoms with Crippen LogP contribution >= 0.6 is 11.8 Å². The topological polar surface area (TPSA) is 54.4 Å². The van der Waals surface area contributed by atoms with Crippen molar-refractivity contribution < 1.29 is 9.18 Å². The zero-order chi connectivity index (χ0) is 21.9. The summed E-state index contributed by atoms with van der Waals surface area (Å²) in [6, 6.07) is 21.8. The zero-order valence-electron chi connectivity index (χ0n) is 17.0. The van der Waals surface area contributed by atoms with Gasteiger partial charge in [0.25, 0.3) is 5.91 Å². The van der Waals surface area contributed by atoms with E-state index in [1.54, 1.807) is 54.6 Å². The molecule has 0 unspecified atom stereocenters. The van der Waals surface area contributed by atoms with E-state index in [0.717, 1.165) is 26.5 Å². The molecule has 1 amide bonds. The van der Waals surface area contributed by atoms with Crippen molar-refractivity contribution in [3.8, 4) is 11.1 Å². The van der Waals surface area contributed by atoms with E-state index in [1.807, 2.05) is 42.5 Å². The number of aromatic nitrogens is 1. The maximum absolute atomic E-state index is 14.4. The lowest BCUT2D eigenvalue weighted by atomic mass is 10.00. The lowest BCUT2D eigenvalue weighted by Crippen LogP contribution is -2.22. The molecule has 0 saturated carbocycles. The molecule has 5 rings (SSSR count). The predicted octanol–water partition coefficient (Wildman–Crippen LogP) is 6.03. The summed E-state index contributed by atoms with van der Waals surface area (Å²) in [6.45, 7) is 0.402. The average molecular weight is 440 g/mol. The second-order valence-corrected chi connectivity index (χ2v) is 8.37. The van der Waals surface area contributed by atoms with Crippen molar-refractivity contribution in [2.24, 2.45) is 4.99 Å². The molecule has 156 valence electrons. The van der Waals surface area contributed by atoms with Gasteiger partial charge in [-0.05, 0) is 47.5 Å². The van der Waals surface area contributed by atoms with E-state index in [9.17, 15) is 9.18 Å². The number of amides is 1. The Bertz CT molecular complexity index is 1340. The molecule has 3 aromatic carbocycles. The summed E-state index contributed by atoms with van der Waals surface area (Å²) >= 11 is 1.56. The molecular formula is C26H18FN3OS. The SMILES string of the molecule is O=C(NCc1cccnc1)c1ccc2c(c1)N=Cc1c(cccc1-c1ccccc1F)S2. The summed E-state index contributed by atoms with van der Waals surface area (Å²) in [5, 5.41) is 2.91. The molecule has 0 radical (unpaired) electrons. The van der Waals surface area contributed by atoms with Crippen LogP contribution in [0.15, 0.2) is 100.0 Å². The highest BCUT2D eigenvalue weighted by atomic mass is 32.2. The van der Waals surface area contributed by atoms with Crippen molar-refractivity contribution >= 4 is 29.6 Å². The molecule has 0 atom stereocenters. The average Bonchev–Trinajstić information content (AvgIpc) is 3.02. The standard InChI is InChI=1S/C26H18FN3OS/c27-22-8-2-1-6-20(22)19-7-3-9-24-21(19)16-29-23-13-18(10-11-25(23)32-24)26(31)30-15-17-5-4-12-28-14-17/h1-14,16H,15H2,(H,30,31). The summed E-state index contributed by atoms with van der Waals surface area (Å²) in [6.07, 6.45) is 5.18. The summed E-state index contributed by atoms with van der Waals surface area (Å²) < 4.78 is 14.4. The third kappa shape index (κ3) is 4.05. The summed E-state index contributed by atoms with van der Waals surface area (Å²) in [5.41, 5.74) is 4.36. The second-order valence-electron chi connectivity index (χ2n) is 7.28. The molecule has 0 aliphatic carbocycles. The molecule has 1 aromatic heterocycles. The molecule has 0 bridgehead atoms. The van der Waals surface area contributed by atoms with Gasteiger partial charge >= 0.3 is 0 Å². The monoisotopic (exact) mass is 439 g/mol. The predicted molar refractivity (Wildman–Crippen MR) is 125 cm³/mol. The number of hydrogen-bond acceptors (Lipinski definition) is 4. The first-order valence-electron chi connectivity index (χ1n) is 10.1. The minimum Gasteiger partial charge on any atom is -0.348 e. The summed E-state index contributed by atoms with van der Waals surface area (Å²) in [5.74, 6) is -0.445. The van der Waals surface area contributed by atoms with Gasteiger partial charge in [-0.15, -0.1) is 0 Å². The molecule has 2 heterocycles. The van der Waals surface area contributed by atoms with Crippen molar-refractivity contribution in [3.63, 3.8) is 0 Å². The Kier molecular flexibility index (Phi) is 5.52. The van der Waals surface area contributed by atoms with Crippen LogP contribution in [0.2, 0.25) is 0 Å². The van der Waals surface area contributed by atoms with E-state index in [0.29, 0.717) is 23.4 Å². The van der Waals surface area contributed by atoms with Crippen LogP contribution < -0.4 is 5.32 Å². The number of carbonyl (C=O) groups excluding carboxylic acids is 1. The van der Waals surface area contributed by atoms with Crippen molar-refractivity contribution in [1.29, 1.82) is 0 Å². The van der Waals surface area contributed by atoms with Gasteiger partial charge in [-0.2, -0.15) is 0 Å². The van der Waals surface area contributed by atoms with E-state index in [2.05, 4.69) is 15.3 Å². The minimum absolute atomic E-state index is 0.175. The number of carbonyl (C=O) groups is 1. The Morgan fingerprint density at radius 3 is 2.66 bits per heavy atom. The Hall–Kier alpha value is -3.77. The van der Waals surface area contributed by atoms with Gasteiger partial charge < -0.3 is 5.32 Å². The fourth-order valence-electron chi connectivity index (χ4n) is 3.57. The normalized spacial score (nSPS) is 11.9. The molecule has 1 N–H and O–H groups in total. The molecule has 1 aliphatic rings. The number of pyridine rings is 1. The van der Waals surface area contributed by atoms with Crippen molar-refractivity contribution in [1.82, 2.24) is 10.3 Å². The first-order valence-corrected chi connectivity index (χ1v) is 10.9. The number of nitrogens with zero attached hydrogens (tertiary/aromatic N) is 2. The number of halogens is 1. The van der Waals surface area contributed by atoms with Gasteiger partial charge in [0.05, 0.1) is 5.69 Å². The van der Waals surface area contributed by atoms with E-state index in [4.69, 9.17) is 0 Å². The van der Waals surface area contributed by atoms with Gasteiger partial charge in [-0.1, -0.05) is 48.2 Å². The third-order valence-corrected chi connectivity index (χ3v) is 6.32. The quantitative estimate of drug-likeness (QED) is 0.372. The van der Waals surface area contributed by atoms with Crippen LogP contribution in [-0.4, -0.2) is 17.1 Å². The maximum atomic E-state index is 14.4. The fourth-order valence-corrected chi connectivity index (χ4v) is 4.57. The molecule has 0 saturated heterocycles. The van der Waals surface area contributed by atoms with E-state index < -0.39 is 0 Å². The van der Waals surface area contributed by atoms with Crippen LogP contribution in [0, 0.1) is 5.82 Å². The maximum Gasteiger partial charge on any atom is 0.251 e.